The highest BCUT2D eigenvalue weighted by Gasteiger charge is 2.32. The Balaban J connectivity index is 0.00000192. The first-order valence-corrected chi connectivity index (χ1v) is 8.51. The molecule has 1 unspecified atom stereocenters. The van der Waals surface area contributed by atoms with Gasteiger partial charge in [-0.25, -0.2) is 0 Å². The molecule has 5 heteroatoms. The van der Waals surface area contributed by atoms with Gasteiger partial charge in [-0.1, -0.05) is 25.1 Å². The van der Waals surface area contributed by atoms with Crippen molar-refractivity contribution in [3.05, 3.63) is 29.8 Å². The van der Waals surface area contributed by atoms with Crippen molar-refractivity contribution in [1.29, 1.82) is 0 Å². The molecule has 1 aromatic carbocycles. The minimum absolute atomic E-state index is 0. The van der Waals surface area contributed by atoms with Crippen LogP contribution in [0, 0.1) is 5.92 Å². The van der Waals surface area contributed by atoms with Gasteiger partial charge in [0.25, 0.3) is 0 Å². The molecule has 0 radical (unpaired) electrons. The van der Waals surface area contributed by atoms with Gasteiger partial charge in [0.2, 0.25) is 5.91 Å². The predicted molar refractivity (Wildman–Crippen MR) is 94.3 cm³/mol. The van der Waals surface area contributed by atoms with Crippen LogP contribution in [-0.4, -0.2) is 43.1 Å². The molecule has 1 atom stereocenters. The normalized spacial score (nSPS) is 20.8. The van der Waals surface area contributed by atoms with Gasteiger partial charge in [0.15, 0.2) is 0 Å². The molecule has 3 rings (SSSR count). The Hall–Kier alpha value is -1.26. The van der Waals surface area contributed by atoms with Gasteiger partial charge in [0, 0.05) is 12.6 Å². The van der Waals surface area contributed by atoms with Crippen LogP contribution in [0.15, 0.2) is 24.3 Å². The monoisotopic (exact) mass is 338 g/mol. The van der Waals surface area contributed by atoms with Crippen LogP contribution in [0.2, 0.25) is 0 Å². The topological polar surface area (TPSA) is 41.6 Å². The highest BCUT2D eigenvalue weighted by atomic mass is 35.5. The molecule has 1 fully saturated rings. The summed E-state index contributed by atoms with van der Waals surface area (Å²) in [5.74, 6) is 1.19. The summed E-state index contributed by atoms with van der Waals surface area (Å²) in [6, 6.07) is 8.46. The van der Waals surface area contributed by atoms with Crippen molar-refractivity contribution in [2.24, 2.45) is 5.92 Å². The molecule has 0 aromatic heterocycles. The molecule has 2 aliphatic rings. The van der Waals surface area contributed by atoms with E-state index in [1.165, 1.54) is 0 Å². The van der Waals surface area contributed by atoms with Crippen LogP contribution in [-0.2, 0) is 11.2 Å². The smallest absolute Gasteiger partial charge is 0.229 e. The summed E-state index contributed by atoms with van der Waals surface area (Å²) in [7, 11) is 0. The Morgan fingerprint density at radius 3 is 2.78 bits per heavy atom. The molecule has 0 aliphatic carbocycles. The number of hydrogen-bond donors (Lipinski definition) is 1. The van der Waals surface area contributed by atoms with Crippen molar-refractivity contribution in [3.8, 4) is 5.75 Å². The number of nitrogens with zero attached hydrogens (tertiary/aromatic N) is 1. The maximum atomic E-state index is 13.0. The van der Waals surface area contributed by atoms with Gasteiger partial charge in [-0.3, -0.25) is 4.79 Å². The Bertz CT molecular complexity index is 517. The van der Waals surface area contributed by atoms with E-state index < -0.39 is 0 Å². The molecule has 0 spiro atoms. The van der Waals surface area contributed by atoms with E-state index in [0.717, 1.165) is 56.6 Å². The maximum Gasteiger partial charge on any atom is 0.229 e. The van der Waals surface area contributed by atoms with Crippen molar-refractivity contribution in [2.45, 2.75) is 38.6 Å². The number of fused-ring (bicyclic) bond motifs is 1. The standard InChI is InChI=1S/C18H26N2O2.ClH/c1-2-11-20(16-7-9-19-10-8-16)18(21)15-12-14-5-3-4-6-17(14)22-13-15;/h3-6,15-16,19H,2,7-13H2,1H3;1H. The lowest BCUT2D eigenvalue weighted by atomic mass is 9.94. The second kappa shape index (κ2) is 8.55. The van der Waals surface area contributed by atoms with Gasteiger partial charge < -0.3 is 15.0 Å². The van der Waals surface area contributed by atoms with Crippen molar-refractivity contribution in [3.63, 3.8) is 0 Å². The predicted octanol–water partition coefficient (Wildman–Crippen LogP) is 2.65. The van der Waals surface area contributed by atoms with Crippen molar-refractivity contribution in [2.75, 3.05) is 26.2 Å². The number of rotatable bonds is 4. The Labute approximate surface area is 145 Å². The average Bonchev–Trinajstić information content (AvgIpc) is 2.59. The lowest BCUT2D eigenvalue weighted by Gasteiger charge is -2.37. The van der Waals surface area contributed by atoms with E-state index in [2.05, 4.69) is 23.2 Å². The minimum atomic E-state index is -0.0312. The Kier molecular flexibility index (Phi) is 6.72. The van der Waals surface area contributed by atoms with E-state index in [-0.39, 0.29) is 24.2 Å². The van der Waals surface area contributed by atoms with E-state index in [9.17, 15) is 4.79 Å². The van der Waals surface area contributed by atoms with Gasteiger partial charge in [-0.2, -0.15) is 0 Å². The summed E-state index contributed by atoms with van der Waals surface area (Å²) in [6.07, 6.45) is 3.95. The lowest BCUT2D eigenvalue weighted by molar-refractivity contribution is -0.140. The van der Waals surface area contributed by atoms with Crippen LogP contribution in [0.3, 0.4) is 0 Å². The van der Waals surface area contributed by atoms with E-state index in [1.54, 1.807) is 0 Å². The fourth-order valence-electron chi connectivity index (χ4n) is 3.55. The van der Waals surface area contributed by atoms with Crippen LogP contribution in [0.4, 0.5) is 0 Å². The first-order chi connectivity index (χ1) is 10.8. The number of halogens is 1. The molecule has 0 bridgehead atoms. The molecule has 1 saturated heterocycles. The average molecular weight is 339 g/mol. The number of amides is 1. The van der Waals surface area contributed by atoms with Crippen molar-refractivity contribution in [1.82, 2.24) is 10.2 Å². The number of piperidine rings is 1. The fraction of sp³-hybridized carbons (Fsp3) is 0.611. The number of carbonyl (C=O) groups excluding carboxylic acids is 1. The second-order valence-electron chi connectivity index (χ2n) is 6.33. The van der Waals surface area contributed by atoms with Crippen LogP contribution in [0.1, 0.15) is 31.7 Å². The van der Waals surface area contributed by atoms with E-state index in [0.29, 0.717) is 12.6 Å². The second-order valence-corrected chi connectivity index (χ2v) is 6.33. The molecule has 1 aromatic rings. The highest BCUT2D eigenvalue weighted by molar-refractivity contribution is 5.85. The Morgan fingerprint density at radius 1 is 1.30 bits per heavy atom. The van der Waals surface area contributed by atoms with E-state index in [4.69, 9.17) is 4.74 Å². The summed E-state index contributed by atoms with van der Waals surface area (Å²) in [6.45, 7) is 5.56. The molecule has 23 heavy (non-hydrogen) atoms. The molecule has 128 valence electrons. The van der Waals surface area contributed by atoms with Gasteiger partial charge in [-0.15, -0.1) is 12.4 Å². The summed E-state index contributed by atoms with van der Waals surface area (Å²) < 4.78 is 5.81. The molecular weight excluding hydrogens is 312 g/mol. The molecule has 2 aliphatic heterocycles. The highest BCUT2D eigenvalue weighted by Crippen LogP contribution is 2.28. The molecular formula is C18H27ClN2O2. The van der Waals surface area contributed by atoms with Gasteiger partial charge in [0.05, 0.1) is 5.92 Å². The lowest BCUT2D eigenvalue weighted by Crippen LogP contribution is -2.50. The van der Waals surface area contributed by atoms with Crippen LogP contribution in [0.25, 0.3) is 0 Å². The number of ether oxygens (including phenoxy) is 1. The van der Waals surface area contributed by atoms with Crippen LogP contribution >= 0.6 is 12.4 Å². The van der Waals surface area contributed by atoms with Gasteiger partial charge >= 0.3 is 0 Å². The minimum Gasteiger partial charge on any atom is -0.492 e. The Morgan fingerprint density at radius 2 is 2.04 bits per heavy atom. The van der Waals surface area contributed by atoms with Gasteiger partial charge in [-0.05, 0) is 50.4 Å². The van der Waals surface area contributed by atoms with E-state index in [1.807, 2.05) is 18.2 Å². The zero-order chi connectivity index (χ0) is 15.4. The third kappa shape index (κ3) is 4.18. The number of nitrogens with one attached hydrogen (secondary N) is 1. The third-order valence-corrected chi connectivity index (χ3v) is 4.73. The quantitative estimate of drug-likeness (QED) is 0.917. The van der Waals surface area contributed by atoms with Crippen molar-refractivity contribution < 1.29 is 9.53 Å². The molecule has 1 amide bonds. The number of para-hydroxylation sites is 1. The first-order valence-electron chi connectivity index (χ1n) is 8.51. The molecule has 4 nitrogen and oxygen atoms in total. The SMILES string of the molecule is CCCN(C(=O)C1COc2ccccc2C1)C1CCNCC1.Cl. The molecule has 2 heterocycles. The summed E-state index contributed by atoms with van der Waals surface area (Å²) in [5.41, 5.74) is 1.16. The zero-order valence-electron chi connectivity index (χ0n) is 13.8. The summed E-state index contributed by atoms with van der Waals surface area (Å²) in [5, 5.41) is 3.38. The number of carbonyl (C=O) groups is 1. The third-order valence-electron chi connectivity index (χ3n) is 4.73. The number of hydrogen-bond acceptors (Lipinski definition) is 3. The van der Waals surface area contributed by atoms with Gasteiger partial charge in [0.1, 0.15) is 12.4 Å². The van der Waals surface area contributed by atoms with Crippen LogP contribution < -0.4 is 10.1 Å². The fourth-order valence-corrected chi connectivity index (χ4v) is 3.55. The largest absolute Gasteiger partial charge is 0.492 e. The van der Waals surface area contributed by atoms with Crippen molar-refractivity contribution >= 4 is 18.3 Å². The number of benzene rings is 1. The first kappa shape index (κ1) is 18.1. The summed E-state index contributed by atoms with van der Waals surface area (Å²) >= 11 is 0. The molecule has 1 N–H and O–H groups in total. The molecule has 0 saturated carbocycles. The van der Waals surface area contributed by atoms with Crippen LogP contribution in [0.5, 0.6) is 5.75 Å². The summed E-state index contributed by atoms with van der Waals surface area (Å²) in [4.78, 5) is 15.2. The van der Waals surface area contributed by atoms with E-state index >= 15 is 0 Å². The zero-order valence-corrected chi connectivity index (χ0v) is 14.6. The maximum absolute atomic E-state index is 13.0.